The van der Waals surface area contributed by atoms with Crippen LogP contribution in [0, 0.1) is 0 Å². The Kier molecular flexibility index (Phi) is 4.32. The third-order valence-electron chi connectivity index (χ3n) is 3.72. The van der Waals surface area contributed by atoms with Crippen LogP contribution in [0.5, 0.6) is 0 Å². The lowest BCUT2D eigenvalue weighted by atomic mass is 9.83. The summed E-state index contributed by atoms with van der Waals surface area (Å²) < 4.78 is 0. The molecule has 0 aromatic heterocycles. The standard InChI is InChI=1S/C12H25N3/c1-12(2,15(3)4)11(14-13)10-8-6-5-7-9-10/h8,11,14H,5-7,9,13H2,1-4H3. The molecule has 0 amide bonds. The first-order chi connectivity index (χ1) is 7.00. The molecule has 0 aromatic carbocycles. The number of allylic oxidation sites excluding steroid dienone is 1. The van der Waals surface area contributed by atoms with Crippen molar-refractivity contribution in [2.75, 3.05) is 14.1 Å². The van der Waals surface area contributed by atoms with Crippen LogP contribution in [0.25, 0.3) is 0 Å². The second-order valence-electron chi connectivity index (χ2n) is 5.17. The van der Waals surface area contributed by atoms with Gasteiger partial charge in [0.25, 0.3) is 0 Å². The summed E-state index contributed by atoms with van der Waals surface area (Å²) in [6.45, 7) is 4.46. The van der Waals surface area contributed by atoms with E-state index in [0.29, 0.717) is 0 Å². The molecule has 0 heterocycles. The third-order valence-corrected chi connectivity index (χ3v) is 3.72. The van der Waals surface area contributed by atoms with Crippen LogP contribution in [0.4, 0.5) is 0 Å². The predicted octanol–water partition coefficient (Wildman–Crippen LogP) is 1.66. The van der Waals surface area contributed by atoms with E-state index >= 15 is 0 Å². The summed E-state index contributed by atoms with van der Waals surface area (Å²) in [6, 6.07) is 0.257. The number of likely N-dealkylation sites (N-methyl/N-ethyl adjacent to an activating group) is 1. The molecule has 15 heavy (non-hydrogen) atoms. The number of nitrogens with one attached hydrogen (secondary N) is 1. The van der Waals surface area contributed by atoms with Gasteiger partial charge in [-0.15, -0.1) is 0 Å². The molecule has 0 spiro atoms. The molecule has 1 atom stereocenters. The Balaban J connectivity index is 2.82. The van der Waals surface area contributed by atoms with Gasteiger partial charge in [0.15, 0.2) is 0 Å². The Hall–Kier alpha value is -0.380. The number of hydrogen-bond acceptors (Lipinski definition) is 3. The van der Waals surface area contributed by atoms with E-state index in [1.807, 2.05) is 0 Å². The van der Waals surface area contributed by atoms with Crippen molar-refractivity contribution in [2.45, 2.75) is 51.1 Å². The molecule has 1 rings (SSSR count). The van der Waals surface area contributed by atoms with E-state index in [0.717, 1.165) is 0 Å². The minimum Gasteiger partial charge on any atom is -0.302 e. The van der Waals surface area contributed by atoms with Gasteiger partial charge in [0, 0.05) is 5.54 Å². The van der Waals surface area contributed by atoms with Crippen molar-refractivity contribution in [3.63, 3.8) is 0 Å². The van der Waals surface area contributed by atoms with Crippen molar-refractivity contribution in [1.82, 2.24) is 10.3 Å². The normalized spacial score (nSPS) is 20.3. The summed E-state index contributed by atoms with van der Waals surface area (Å²) >= 11 is 0. The average Bonchev–Trinajstić information content (AvgIpc) is 2.19. The van der Waals surface area contributed by atoms with E-state index in [1.165, 1.54) is 31.3 Å². The lowest BCUT2D eigenvalue weighted by Crippen LogP contribution is -2.58. The van der Waals surface area contributed by atoms with Gasteiger partial charge in [0.2, 0.25) is 0 Å². The Bertz CT molecular complexity index is 231. The van der Waals surface area contributed by atoms with Crippen LogP contribution in [0.2, 0.25) is 0 Å². The summed E-state index contributed by atoms with van der Waals surface area (Å²) in [5, 5.41) is 0. The smallest absolute Gasteiger partial charge is 0.0598 e. The van der Waals surface area contributed by atoms with Crippen LogP contribution in [0.15, 0.2) is 11.6 Å². The minimum absolute atomic E-state index is 0.0535. The van der Waals surface area contributed by atoms with Crippen molar-refractivity contribution in [3.8, 4) is 0 Å². The molecule has 0 bridgehead atoms. The van der Waals surface area contributed by atoms with E-state index in [-0.39, 0.29) is 11.6 Å². The highest BCUT2D eigenvalue weighted by Gasteiger charge is 2.33. The highest BCUT2D eigenvalue weighted by Crippen LogP contribution is 2.28. The van der Waals surface area contributed by atoms with Gasteiger partial charge in [-0.1, -0.05) is 11.6 Å². The Morgan fingerprint density at radius 3 is 2.47 bits per heavy atom. The molecule has 0 saturated carbocycles. The predicted molar refractivity (Wildman–Crippen MR) is 65.4 cm³/mol. The molecular formula is C12H25N3. The maximum absolute atomic E-state index is 5.71. The number of nitrogens with two attached hydrogens (primary N) is 1. The number of rotatable bonds is 4. The SMILES string of the molecule is CN(C)C(C)(C)C(NN)C1=CCCCC1. The van der Waals surface area contributed by atoms with Crippen molar-refractivity contribution in [1.29, 1.82) is 0 Å². The van der Waals surface area contributed by atoms with Gasteiger partial charge in [-0.25, -0.2) is 0 Å². The molecule has 1 unspecified atom stereocenters. The summed E-state index contributed by atoms with van der Waals surface area (Å²) in [5.74, 6) is 5.71. The molecule has 0 radical (unpaired) electrons. The first-order valence-electron chi connectivity index (χ1n) is 5.82. The molecule has 0 aliphatic heterocycles. The molecular weight excluding hydrogens is 186 g/mol. The van der Waals surface area contributed by atoms with Crippen LogP contribution >= 0.6 is 0 Å². The fourth-order valence-corrected chi connectivity index (χ4v) is 2.15. The lowest BCUT2D eigenvalue weighted by Gasteiger charge is -2.41. The Morgan fingerprint density at radius 2 is 2.07 bits per heavy atom. The maximum atomic E-state index is 5.71. The van der Waals surface area contributed by atoms with Crippen LogP contribution in [0.3, 0.4) is 0 Å². The van der Waals surface area contributed by atoms with Crippen molar-refractivity contribution in [2.24, 2.45) is 5.84 Å². The summed E-state index contributed by atoms with van der Waals surface area (Å²) in [5.41, 5.74) is 4.51. The highest BCUT2D eigenvalue weighted by atomic mass is 15.3. The van der Waals surface area contributed by atoms with Gasteiger partial charge in [-0.3, -0.25) is 11.3 Å². The van der Waals surface area contributed by atoms with Gasteiger partial charge >= 0.3 is 0 Å². The molecule has 1 aliphatic rings. The average molecular weight is 211 g/mol. The largest absolute Gasteiger partial charge is 0.302 e. The second kappa shape index (κ2) is 5.10. The fraction of sp³-hybridized carbons (Fsp3) is 0.833. The summed E-state index contributed by atoms with van der Waals surface area (Å²) in [6.07, 6.45) is 7.37. The van der Waals surface area contributed by atoms with Crippen molar-refractivity contribution in [3.05, 3.63) is 11.6 Å². The molecule has 88 valence electrons. The van der Waals surface area contributed by atoms with Gasteiger partial charge in [0.1, 0.15) is 0 Å². The number of hydrazine groups is 1. The molecule has 1 aliphatic carbocycles. The molecule has 3 nitrogen and oxygen atoms in total. The summed E-state index contributed by atoms with van der Waals surface area (Å²) in [4.78, 5) is 2.23. The van der Waals surface area contributed by atoms with E-state index in [9.17, 15) is 0 Å². The first kappa shape index (κ1) is 12.7. The number of nitrogens with zero attached hydrogens (tertiary/aromatic N) is 1. The van der Waals surface area contributed by atoms with E-state index in [2.05, 4.69) is 44.3 Å². The van der Waals surface area contributed by atoms with Crippen LogP contribution < -0.4 is 11.3 Å². The fourth-order valence-electron chi connectivity index (χ4n) is 2.15. The van der Waals surface area contributed by atoms with Crippen LogP contribution in [0.1, 0.15) is 39.5 Å². The van der Waals surface area contributed by atoms with Gasteiger partial charge in [-0.2, -0.15) is 0 Å². The lowest BCUT2D eigenvalue weighted by molar-refractivity contribution is 0.151. The Labute approximate surface area is 93.7 Å². The van der Waals surface area contributed by atoms with Crippen molar-refractivity contribution < 1.29 is 0 Å². The topological polar surface area (TPSA) is 41.3 Å². The van der Waals surface area contributed by atoms with Gasteiger partial charge in [0.05, 0.1) is 6.04 Å². The molecule has 0 saturated heterocycles. The Morgan fingerprint density at radius 1 is 1.40 bits per heavy atom. The quantitative estimate of drug-likeness (QED) is 0.422. The maximum Gasteiger partial charge on any atom is 0.0598 e. The zero-order chi connectivity index (χ0) is 11.5. The monoisotopic (exact) mass is 211 g/mol. The molecule has 3 N–H and O–H groups in total. The van der Waals surface area contributed by atoms with Gasteiger partial charge < -0.3 is 4.90 Å². The summed E-state index contributed by atoms with van der Waals surface area (Å²) in [7, 11) is 4.21. The minimum atomic E-state index is 0.0535. The second-order valence-corrected chi connectivity index (χ2v) is 5.17. The molecule has 3 heteroatoms. The van der Waals surface area contributed by atoms with E-state index in [1.54, 1.807) is 0 Å². The van der Waals surface area contributed by atoms with E-state index < -0.39 is 0 Å². The first-order valence-corrected chi connectivity index (χ1v) is 5.82. The molecule has 0 aromatic rings. The van der Waals surface area contributed by atoms with Gasteiger partial charge in [-0.05, 0) is 53.6 Å². The van der Waals surface area contributed by atoms with Crippen LogP contribution in [-0.4, -0.2) is 30.6 Å². The van der Waals surface area contributed by atoms with Crippen LogP contribution in [-0.2, 0) is 0 Å². The highest BCUT2D eigenvalue weighted by molar-refractivity contribution is 5.19. The zero-order valence-electron chi connectivity index (χ0n) is 10.5. The molecule has 0 fully saturated rings. The van der Waals surface area contributed by atoms with E-state index in [4.69, 9.17) is 5.84 Å². The number of hydrogen-bond donors (Lipinski definition) is 2. The zero-order valence-corrected chi connectivity index (χ0v) is 10.5. The van der Waals surface area contributed by atoms with Crippen molar-refractivity contribution >= 4 is 0 Å². The third kappa shape index (κ3) is 2.80.